The molecule has 1 aromatic carbocycles. The van der Waals surface area contributed by atoms with Gasteiger partial charge in [0.2, 0.25) is 10.0 Å². The van der Waals surface area contributed by atoms with E-state index in [1.54, 1.807) is 25.3 Å². The molecule has 1 aliphatic heterocycles. The minimum Gasteiger partial charge on any atom is -0.372 e. The Morgan fingerprint density at radius 3 is 2.57 bits per heavy atom. The Balaban J connectivity index is 1.61. The molecule has 2 heterocycles. The highest BCUT2D eigenvalue weighted by Gasteiger charge is 2.23. The van der Waals surface area contributed by atoms with Gasteiger partial charge in [-0.1, -0.05) is 19.1 Å². The van der Waals surface area contributed by atoms with E-state index in [4.69, 9.17) is 4.74 Å². The number of aromatic nitrogens is 1. The molecule has 2 N–H and O–H groups in total. The van der Waals surface area contributed by atoms with E-state index in [-0.39, 0.29) is 35.1 Å². The largest absolute Gasteiger partial charge is 0.372 e. The molecule has 1 fully saturated rings. The van der Waals surface area contributed by atoms with Gasteiger partial charge in [-0.15, -0.1) is 0 Å². The van der Waals surface area contributed by atoms with Crippen molar-refractivity contribution in [2.24, 2.45) is 0 Å². The standard InChI is InChI=1S/C21H28N4O4S/c1-4-24-30(27,28)19-7-5-6-18(10-19)21(26)23-12-17-8-9-20(22-11-17)25-13-15(2)29-16(3)14-25/h5-11,15-16,24H,4,12-14H2,1-3H3,(H,23,26). The topological polar surface area (TPSA) is 101 Å². The van der Waals surface area contributed by atoms with Gasteiger partial charge in [0.25, 0.3) is 5.91 Å². The summed E-state index contributed by atoms with van der Waals surface area (Å²) < 4.78 is 32.4. The number of benzene rings is 1. The first-order chi connectivity index (χ1) is 14.3. The van der Waals surface area contributed by atoms with Crippen LogP contribution in [0, 0.1) is 0 Å². The number of hydrogen-bond donors (Lipinski definition) is 2. The zero-order chi connectivity index (χ0) is 21.7. The zero-order valence-corrected chi connectivity index (χ0v) is 18.3. The molecule has 0 radical (unpaired) electrons. The Morgan fingerprint density at radius 1 is 1.20 bits per heavy atom. The minimum absolute atomic E-state index is 0.0667. The predicted octanol–water partition coefficient (Wildman–Crippen LogP) is 1.92. The number of hydrogen-bond acceptors (Lipinski definition) is 6. The van der Waals surface area contributed by atoms with Crippen LogP contribution < -0.4 is 14.9 Å². The summed E-state index contributed by atoms with van der Waals surface area (Å²) in [5.74, 6) is 0.539. The fourth-order valence-corrected chi connectivity index (χ4v) is 4.52. The molecule has 2 unspecified atom stereocenters. The minimum atomic E-state index is -3.61. The van der Waals surface area contributed by atoms with Gasteiger partial charge in [-0.25, -0.2) is 18.1 Å². The molecule has 30 heavy (non-hydrogen) atoms. The first-order valence-corrected chi connectivity index (χ1v) is 11.5. The summed E-state index contributed by atoms with van der Waals surface area (Å²) in [5.41, 5.74) is 1.15. The smallest absolute Gasteiger partial charge is 0.251 e. The van der Waals surface area contributed by atoms with E-state index in [9.17, 15) is 13.2 Å². The lowest BCUT2D eigenvalue weighted by atomic mass is 10.2. The number of pyridine rings is 1. The molecule has 1 amide bonds. The van der Waals surface area contributed by atoms with Crippen LogP contribution in [0.15, 0.2) is 47.5 Å². The molecule has 9 heteroatoms. The number of nitrogens with one attached hydrogen (secondary N) is 2. The van der Waals surface area contributed by atoms with Crippen LogP contribution in [-0.4, -0.2) is 51.2 Å². The van der Waals surface area contributed by atoms with Crippen LogP contribution in [0.2, 0.25) is 0 Å². The van der Waals surface area contributed by atoms with E-state index in [2.05, 4.69) is 19.9 Å². The number of sulfonamides is 1. The van der Waals surface area contributed by atoms with Crippen LogP contribution in [0.5, 0.6) is 0 Å². The van der Waals surface area contributed by atoms with Crippen molar-refractivity contribution in [3.8, 4) is 0 Å². The van der Waals surface area contributed by atoms with Gasteiger partial charge in [0, 0.05) is 37.9 Å². The van der Waals surface area contributed by atoms with Crippen LogP contribution in [0.4, 0.5) is 5.82 Å². The highest BCUT2D eigenvalue weighted by molar-refractivity contribution is 7.89. The molecule has 2 aromatic rings. The lowest BCUT2D eigenvalue weighted by molar-refractivity contribution is -0.00546. The summed E-state index contributed by atoms with van der Waals surface area (Å²) in [7, 11) is -3.61. The van der Waals surface area contributed by atoms with Crippen molar-refractivity contribution >= 4 is 21.7 Å². The summed E-state index contributed by atoms with van der Waals surface area (Å²) in [6, 6.07) is 9.84. The van der Waals surface area contributed by atoms with Crippen LogP contribution in [0.25, 0.3) is 0 Å². The van der Waals surface area contributed by atoms with Crippen molar-refractivity contribution in [1.29, 1.82) is 0 Å². The maximum atomic E-state index is 12.5. The van der Waals surface area contributed by atoms with Crippen LogP contribution in [-0.2, 0) is 21.3 Å². The van der Waals surface area contributed by atoms with Gasteiger partial charge >= 0.3 is 0 Å². The maximum absolute atomic E-state index is 12.5. The van der Waals surface area contributed by atoms with E-state index in [1.165, 1.54) is 12.1 Å². The van der Waals surface area contributed by atoms with Crippen LogP contribution in [0.3, 0.4) is 0 Å². The molecule has 0 aliphatic carbocycles. The highest BCUT2D eigenvalue weighted by atomic mass is 32.2. The fraction of sp³-hybridized carbons (Fsp3) is 0.429. The summed E-state index contributed by atoms with van der Waals surface area (Å²) in [4.78, 5) is 19.3. The third-order valence-corrected chi connectivity index (χ3v) is 6.29. The molecule has 0 saturated carbocycles. The SMILES string of the molecule is CCNS(=O)(=O)c1cccc(C(=O)NCc2ccc(N3CC(C)OC(C)C3)nc2)c1. The van der Waals surface area contributed by atoms with Crippen molar-refractivity contribution in [3.05, 3.63) is 53.7 Å². The molecular weight excluding hydrogens is 404 g/mol. The second kappa shape index (κ2) is 9.55. The number of carbonyl (C=O) groups is 1. The van der Waals surface area contributed by atoms with Crippen LogP contribution in [0.1, 0.15) is 36.7 Å². The molecule has 1 saturated heterocycles. The third-order valence-electron chi connectivity index (χ3n) is 4.75. The Bertz CT molecular complexity index is 969. The molecule has 2 atom stereocenters. The summed E-state index contributed by atoms with van der Waals surface area (Å²) >= 11 is 0. The normalized spacial score (nSPS) is 19.5. The van der Waals surface area contributed by atoms with Crippen molar-refractivity contribution in [2.45, 2.75) is 44.4 Å². The van der Waals surface area contributed by atoms with Crippen molar-refractivity contribution < 1.29 is 17.9 Å². The maximum Gasteiger partial charge on any atom is 0.251 e. The second-order valence-corrected chi connectivity index (χ2v) is 9.17. The Labute approximate surface area is 177 Å². The van der Waals surface area contributed by atoms with Crippen molar-refractivity contribution in [3.63, 3.8) is 0 Å². The third kappa shape index (κ3) is 5.56. The summed E-state index contributed by atoms with van der Waals surface area (Å²) in [6.45, 7) is 7.96. The molecule has 0 spiro atoms. The first-order valence-electron chi connectivity index (χ1n) is 10.0. The predicted molar refractivity (Wildman–Crippen MR) is 115 cm³/mol. The van der Waals surface area contributed by atoms with Gasteiger partial charge in [0.1, 0.15) is 5.82 Å². The van der Waals surface area contributed by atoms with Gasteiger partial charge in [-0.3, -0.25) is 4.79 Å². The lowest BCUT2D eigenvalue weighted by Crippen LogP contribution is -2.45. The van der Waals surface area contributed by atoms with Crippen molar-refractivity contribution in [1.82, 2.24) is 15.0 Å². The molecule has 8 nitrogen and oxygen atoms in total. The average Bonchev–Trinajstić information content (AvgIpc) is 2.72. The van der Waals surface area contributed by atoms with E-state index in [0.29, 0.717) is 6.54 Å². The molecule has 162 valence electrons. The number of ether oxygens (including phenoxy) is 1. The fourth-order valence-electron chi connectivity index (χ4n) is 3.44. The number of nitrogens with zero attached hydrogens (tertiary/aromatic N) is 2. The number of amides is 1. The summed E-state index contributed by atoms with van der Waals surface area (Å²) in [6.07, 6.45) is 2.05. The second-order valence-electron chi connectivity index (χ2n) is 7.40. The zero-order valence-electron chi connectivity index (χ0n) is 17.5. The average molecular weight is 433 g/mol. The van der Waals surface area contributed by atoms with E-state index in [1.807, 2.05) is 26.0 Å². The number of rotatable bonds is 7. The number of carbonyl (C=O) groups excluding carboxylic acids is 1. The van der Waals surface area contributed by atoms with Gasteiger partial charge < -0.3 is 15.0 Å². The molecule has 1 aliphatic rings. The Kier molecular flexibility index (Phi) is 7.06. The van der Waals surface area contributed by atoms with Gasteiger partial charge in [-0.05, 0) is 43.7 Å². The van der Waals surface area contributed by atoms with Gasteiger partial charge in [0.15, 0.2) is 0 Å². The highest BCUT2D eigenvalue weighted by Crippen LogP contribution is 2.18. The van der Waals surface area contributed by atoms with E-state index in [0.717, 1.165) is 24.5 Å². The van der Waals surface area contributed by atoms with Gasteiger partial charge in [-0.2, -0.15) is 0 Å². The molecule has 0 bridgehead atoms. The monoisotopic (exact) mass is 432 g/mol. The van der Waals surface area contributed by atoms with E-state index < -0.39 is 10.0 Å². The Morgan fingerprint density at radius 2 is 1.93 bits per heavy atom. The van der Waals surface area contributed by atoms with Gasteiger partial charge in [0.05, 0.1) is 17.1 Å². The van der Waals surface area contributed by atoms with Crippen LogP contribution >= 0.6 is 0 Å². The number of anilines is 1. The van der Waals surface area contributed by atoms with Crippen molar-refractivity contribution in [2.75, 3.05) is 24.5 Å². The Hall–Kier alpha value is -2.49. The quantitative estimate of drug-likeness (QED) is 0.693. The molecule has 3 rings (SSSR count). The van der Waals surface area contributed by atoms with E-state index >= 15 is 0 Å². The molecule has 1 aromatic heterocycles. The summed E-state index contributed by atoms with van der Waals surface area (Å²) in [5, 5.41) is 2.81. The lowest BCUT2D eigenvalue weighted by Gasteiger charge is -2.36. The first kappa shape index (κ1) is 22.2. The number of morpholine rings is 1. The molecular formula is C21H28N4O4S.